The average molecular weight is 314 g/mol. The lowest BCUT2D eigenvalue weighted by atomic mass is 10.2. The van der Waals surface area contributed by atoms with Gasteiger partial charge in [-0.2, -0.15) is 0 Å². The number of hydrogen-bond acceptors (Lipinski definition) is 7. The molecule has 7 heteroatoms. The molecule has 1 aliphatic rings. The zero-order valence-electron chi connectivity index (χ0n) is 13.8. The SMILES string of the molecule is CNc1cc(C)nc([C@H]2COCCN2Cc2cnc(C)cn2)n1. The molecule has 1 saturated heterocycles. The summed E-state index contributed by atoms with van der Waals surface area (Å²) in [5, 5.41) is 3.09. The number of aryl methyl sites for hydroxylation is 2. The van der Waals surface area contributed by atoms with Gasteiger partial charge in [-0.3, -0.25) is 14.9 Å². The van der Waals surface area contributed by atoms with Crippen LogP contribution < -0.4 is 5.32 Å². The minimum absolute atomic E-state index is 0.0267. The molecule has 0 radical (unpaired) electrons. The van der Waals surface area contributed by atoms with Crippen LogP contribution in [0, 0.1) is 13.8 Å². The molecule has 3 rings (SSSR count). The molecule has 0 spiro atoms. The first kappa shape index (κ1) is 15.8. The maximum atomic E-state index is 5.66. The number of anilines is 1. The summed E-state index contributed by atoms with van der Waals surface area (Å²) in [6.45, 7) is 6.76. The Labute approximate surface area is 136 Å². The van der Waals surface area contributed by atoms with E-state index in [-0.39, 0.29) is 6.04 Å². The molecule has 1 atom stereocenters. The predicted octanol–water partition coefficient (Wildman–Crippen LogP) is 1.50. The molecule has 0 aliphatic carbocycles. The number of morpholine rings is 1. The van der Waals surface area contributed by atoms with Crippen LogP contribution in [0.2, 0.25) is 0 Å². The lowest BCUT2D eigenvalue weighted by Gasteiger charge is -2.34. The fourth-order valence-electron chi connectivity index (χ4n) is 2.64. The van der Waals surface area contributed by atoms with Gasteiger partial charge in [-0.15, -0.1) is 0 Å². The number of rotatable bonds is 4. The molecule has 0 aromatic carbocycles. The third-order valence-corrected chi connectivity index (χ3v) is 3.86. The fourth-order valence-corrected chi connectivity index (χ4v) is 2.64. The standard InChI is InChI=1S/C16H22N6O/c1-11-6-15(17-3)21-16(20-11)14-10-23-5-4-22(14)9-13-8-18-12(2)7-19-13/h6-8,14H,4-5,9-10H2,1-3H3,(H,17,20,21)/t14-/m1/s1. The van der Waals surface area contributed by atoms with Crippen molar-refractivity contribution in [1.82, 2.24) is 24.8 Å². The van der Waals surface area contributed by atoms with Gasteiger partial charge in [0.2, 0.25) is 0 Å². The smallest absolute Gasteiger partial charge is 0.150 e. The summed E-state index contributed by atoms with van der Waals surface area (Å²) in [5.41, 5.74) is 2.82. The Morgan fingerprint density at radius 3 is 2.83 bits per heavy atom. The quantitative estimate of drug-likeness (QED) is 0.916. The van der Waals surface area contributed by atoms with E-state index < -0.39 is 0 Å². The number of aromatic nitrogens is 4. The molecule has 0 bridgehead atoms. The molecule has 122 valence electrons. The van der Waals surface area contributed by atoms with Crippen molar-refractivity contribution in [3.05, 3.63) is 41.4 Å². The van der Waals surface area contributed by atoms with Gasteiger partial charge in [0.15, 0.2) is 0 Å². The summed E-state index contributed by atoms with van der Waals surface area (Å²) in [7, 11) is 1.86. The Morgan fingerprint density at radius 2 is 2.09 bits per heavy atom. The molecular formula is C16H22N6O. The van der Waals surface area contributed by atoms with E-state index in [1.165, 1.54) is 0 Å². The molecule has 7 nitrogen and oxygen atoms in total. The first-order valence-corrected chi connectivity index (χ1v) is 7.78. The van der Waals surface area contributed by atoms with Gasteiger partial charge in [-0.05, 0) is 13.8 Å². The van der Waals surface area contributed by atoms with E-state index in [1.54, 1.807) is 6.20 Å². The third-order valence-electron chi connectivity index (χ3n) is 3.86. The van der Waals surface area contributed by atoms with Gasteiger partial charge in [0.25, 0.3) is 0 Å². The van der Waals surface area contributed by atoms with Crippen molar-refractivity contribution in [2.45, 2.75) is 26.4 Å². The summed E-state index contributed by atoms with van der Waals surface area (Å²) < 4.78 is 5.66. The lowest BCUT2D eigenvalue weighted by Crippen LogP contribution is -2.40. The van der Waals surface area contributed by atoms with Crippen LogP contribution >= 0.6 is 0 Å². The number of ether oxygens (including phenoxy) is 1. The minimum Gasteiger partial charge on any atom is -0.378 e. The Hall–Kier alpha value is -2.12. The van der Waals surface area contributed by atoms with Crippen molar-refractivity contribution >= 4 is 5.82 Å². The Kier molecular flexibility index (Phi) is 4.78. The largest absolute Gasteiger partial charge is 0.378 e. The van der Waals surface area contributed by atoms with E-state index >= 15 is 0 Å². The van der Waals surface area contributed by atoms with E-state index in [9.17, 15) is 0 Å². The molecule has 3 heterocycles. The highest BCUT2D eigenvalue weighted by Crippen LogP contribution is 2.24. The van der Waals surface area contributed by atoms with Crippen molar-refractivity contribution in [3.8, 4) is 0 Å². The monoisotopic (exact) mass is 314 g/mol. The normalized spacial score (nSPS) is 18.8. The van der Waals surface area contributed by atoms with E-state index in [0.717, 1.165) is 35.3 Å². The maximum absolute atomic E-state index is 5.66. The first-order valence-electron chi connectivity index (χ1n) is 7.78. The van der Waals surface area contributed by atoms with Crippen molar-refractivity contribution in [3.63, 3.8) is 0 Å². The maximum Gasteiger partial charge on any atom is 0.150 e. The van der Waals surface area contributed by atoms with Gasteiger partial charge in [0.05, 0.1) is 30.6 Å². The van der Waals surface area contributed by atoms with Crippen LogP contribution in [0.5, 0.6) is 0 Å². The van der Waals surface area contributed by atoms with Gasteiger partial charge < -0.3 is 10.1 Å². The second kappa shape index (κ2) is 6.97. The average Bonchev–Trinajstić information content (AvgIpc) is 2.57. The highest BCUT2D eigenvalue weighted by Gasteiger charge is 2.27. The predicted molar refractivity (Wildman–Crippen MR) is 87.1 cm³/mol. The highest BCUT2D eigenvalue weighted by molar-refractivity contribution is 5.35. The fraction of sp³-hybridized carbons (Fsp3) is 0.500. The molecule has 2 aromatic rings. The Balaban J connectivity index is 1.83. The van der Waals surface area contributed by atoms with Gasteiger partial charge in [-0.25, -0.2) is 9.97 Å². The van der Waals surface area contributed by atoms with Crippen LogP contribution in [0.4, 0.5) is 5.82 Å². The topological polar surface area (TPSA) is 76.1 Å². The lowest BCUT2D eigenvalue weighted by molar-refractivity contribution is -0.0165. The van der Waals surface area contributed by atoms with Crippen LogP contribution in [0.15, 0.2) is 18.5 Å². The van der Waals surface area contributed by atoms with Crippen molar-refractivity contribution in [2.24, 2.45) is 0 Å². The molecule has 0 amide bonds. The van der Waals surface area contributed by atoms with Crippen LogP contribution in [0.25, 0.3) is 0 Å². The Bertz CT molecular complexity index is 660. The molecule has 23 heavy (non-hydrogen) atoms. The van der Waals surface area contributed by atoms with Crippen LogP contribution in [-0.2, 0) is 11.3 Å². The minimum atomic E-state index is 0.0267. The second-order valence-electron chi connectivity index (χ2n) is 5.71. The van der Waals surface area contributed by atoms with Crippen LogP contribution in [-0.4, -0.2) is 51.6 Å². The van der Waals surface area contributed by atoms with Gasteiger partial charge in [0.1, 0.15) is 11.6 Å². The molecule has 1 aliphatic heterocycles. The van der Waals surface area contributed by atoms with Crippen LogP contribution in [0.3, 0.4) is 0 Å². The number of nitrogens with one attached hydrogen (secondary N) is 1. The van der Waals surface area contributed by atoms with Crippen molar-refractivity contribution < 1.29 is 4.74 Å². The third kappa shape index (κ3) is 3.80. The highest BCUT2D eigenvalue weighted by atomic mass is 16.5. The summed E-state index contributed by atoms with van der Waals surface area (Å²) in [6, 6.07) is 1.96. The van der Waals surface area contributed by atoms with Crippen molar-refractivity contribution in [1.29, 1.82) is 0 Å². The van der Waals surface area contributed by atoms with E-state index in [2.05, 4.69) is 30.2 Å². The number of nitrogens with zero attached hydrogens (tertiary/aromatic N) is 5. The molecule has 0 unspecified atom stereocenters. The molecule has 0 saturated carbocycles. The van der Waals surface area contributed by atoms with E-state index in [0.29, 0.717) is 19.8 Å². The van der Waals surface area contributed by atoms with E-state index in [4.69, 9.17) is 4.74 Å². The van der Waals surface area contributed by atoms with Crippen molar-refractivity contribution in [2.75, 3.05) is 32.1 Å². The van der Waals surface area contributed by atoms with Crippen LogP contribution in [0.1, 0.15) is 28.9 Å². The zero-order valence-corrected chi connectivity index (χ0v) is 13.8. The van der Waals surface area contributed by atoms with Gasteiger partial charge in [-0.1, -0.05) is 0 Å². The summed E-state index contributed by atoms with van der Waals surface area (Å²) >= 11 is 0. The second-order valence-corrected chi connectivity index (χ2v) is 5.71. The molecule has 1 N–H and O–H groups in total. The Morgan fingerprint density at radius 1 is 1.22 bits per heavy atom. The number of hydrogen-bond donors (Lipinski definition) is 1. The molecular weight excluding hydrogens is 292 g/mol. The summed E-state index contributed by atoms with van der Waals surface area (Å²) in [6.07, 6.45) is 3.63. The zero-order chi connectivity index (χ0) is 16.2. The molecule has 2 aromatic heterocycles. The molecule has 1 fully saturated rings. The van der Waals surface area contributed by atoms with E-state index in [1.807, 2.05) is 33.2 Å². The first-order chi connectivity index (χ1) is 11.2. The van der Waals surface area contributed by atoms with Gasteiger partial charge in [0, 0.05) is 44.3 Å². The summed E-state index contributed by atoms with van der Waals surface area (Å²) in [4.78, 5) is 20.3. The van der Waals surface area contributed by atoms with Gasteiger partial charge >= 0.3 is 0 Å². The summed E-state index contributed by atoms with van der Waals surface area (Å²) in [5.74, 6) is 1.61.